The van der Waals surface area contributed by atoms with Gasteiger partial charge < -0.3 is 9.42 Å². The molecule has 1 aromatic heterocycles. The Hall–Kier alpha value is -1.41. The number of nitrogens with zero attached hydrogens (tertiary/aromatic N) is 3. The summed E-state index contributed by atoms with van der Waals surface area (Å²) < 4.78 is 31.2. The van der Waals surface area contributed by atoms with Crippen LogP contribution in [-0.2, 0) is 14.8 Å². The molecule has 1 aliphatic rings. The number of sulfonamides is 1. The number of aryl methyl sites for hydroxylation is 2. The zero-order valence-corrected chi connectivity index (χ0v) is 15.0. The molecule has 1 heterocycles. The summed E-state index contributed by atoms with van der Waals surface area (Å²) in [6, 6.07) is 0.214. The van der Waals surface area contributed by atoms with Crippen molar-refractivity contribution in [2.45, 2.75) is 56.9 Å². The largest absolute Gasteiger partial charge is 0.360 e. The number of rotatable bonds is 5. The lowest BCUT2D eigenvalue weighted by molar-refractivity contribution is -0.132. The molecule has 7 nitrogen and oxygen atoms in total. The summed E-state index contributed by atoms with van der Waals surface area (Å²) in [7, 11) is -0.618. The van der Waals surface area contributed by atoms with Crippen molar-refractivity contribution in [2.75, 3.05) is 20.6 Å². The fourth-order valence-electron chi connectivity index (χ4n) is 3.06. The van der Waals surface area contributed by atoms with Crippen LogP contribution in [-0.4, -0.2) is 55.4 Å². The normalized spacial score (nSPS) is 16.7. The highest BCUT2D eigenvalue weighted by molar-refractivity contribution is 7.89. The smallest absolute Gasteiger partial charge is 0.248 e. The van der Waals surface area contributed by atoms with Gasteiger partial charge in [0.15, 0.2) is 5.76 Å². The standard InChI is InChI=1S/C15H25N3O4S/c1-11-15(12(2)22-16-11)23(20,21)17(3)10-14(19)18(4)13-8-6-5-7-9-13/h13H,5-10H2,1-4H3. The van der Waals surface area contributed by atoms with Gasteiger partial charge in [-0.15, -0.1) is 0 Å². The lowest BCUT2D eigenvalue weighted by atomic mass is 9.94. The summed E-state index contributed by atoms with van der Waals surface area (Å²) in [6.45, 7) is 2.95. The summed E-state index contributed by atoms with van der Waals surface area (Å²) in [5.74, 6) is 0.0529. The van der Waals surface area contributed by atoms with Gasteiger partial charge in [-0.2, -0.15) is 4.31 Å². The summed E-state index contributed by atoms with van der Waals surface area (Å²) >= 11 is 0. The van der Waals surface area contributed by atoms with Crippen molar-refractivity contribution in [3.63, 3.8) is 0 Å². The number of likely N-dealkylation sites (N-methyl/N-ethyl adjacent to an activating group) is 2. The quantitative estimate of drug-likeness (QED) is 0.812. The van der Waals surface area contributed by atoms with Gasteiger partial charge in [-0.1, -0.05) is 24.4 Å². The number of amides is 1. The minimum atomic E-state index is -3.79. The Balaban J connectivity index is 2.08. The van der Waals surface area contributed by atoms with E-state index in [0.29, 0.717) is 5.69 Å². The Morgan fingerprint density at radius 2 is 1.83 bits per heavy atom. The van der Waals surface area contributed by atoms with E-state index in [1.54, 1.807) is 25.8 Å². The Labute approximate surface area is 137 Å². The van der Waals surface area contributed by atoms with E-state index in [4.69, 9.17) is 4.52 Å². The number of carbonyl (C=O) groups excluding carboxylic acids is 1. The third kappa shape index (κ3) is 3.74. The molecule has 0 radical (unpaired) electrons. The van der Waals surface area contributed by atoms with Crippen molar-refractivity contribution in [1.82, 2.24) is 14.4 Å². The maximum Gasteiger partial charge on any atom is 0.248 e. The summed E-state index contributed by atoms with van der Waals surface area (Å²) in [4.78, 5) is 14.2. The topological polar surface area (TPSA) is 83.7 Å². The van der Waals surface area contributed by atoms with Gasteiger partial charge in [0.05, 0.1) is 6.54 Å². The van der Waals surface area contributed by atoms with Crippen molar-refractivity contribution < 1.29 is 17.7 Å². The molecule has 1 aliphatic carbocycles. The van der Waals surface area contributed by atoms with Crippen LogP contribution in [0.25, 0.3) is 0 Å². The molecule has 23 heavy (non-hydrogen) atoms. The van der Waals surface area contributed by atoms with Crippen LogP contribution in [0.4, 0.5) is 0 Å². The van der Waals surface area contributed by atoms with E-state index in [1.165, 1.54) is 13.5 Å². The second-order valence-electron chi connectivity index (χ2n) is 6.21. The van der Waals surface area contributed by atoms with Crippen molar-refractivity contribution in [2.24, 2.45) is 0 Å². The SMILES string of the molecule is Cc1noc(C)c1S(=O)(=O)N(C)CC(=O)N(C)C1CCCCC1. The zero-order chi connectivity index (χ0) is 17.2. The van der Waals surface area contributed by atoms with Crippen LogP contribution in [0.15, 0.2) is 9.42 Å². The van der Waals surface area contributed by atoms with Crippen molar-refractivity contribution in [1.29, 1.82) is 0 Å². The van der Waals surface area contributed by atoms with E-state index >= 15 is 0 Å². The summed E-state index contributed by atoms with van der Waals surface area (Å²) in [5, 5.41) is 3.68. The lowest BCUT2D eigenvalue weighted by Gasteiger charge is -2.32. The monoisotopic (exact) mass is 343 g/mol. The van der Waals surface area contributed by atoms with E-state index in [1.807, 2.05) is 0 Å². The molecular formula is C15H25N3O4S. The van der Waals surface area contributed by atoms with Crippen LogP contribution in [0.5, 0.6) is 0 Å². The molecule has 0 bridgehead atoms. The van der Waals surface area contributed by atoms with Crippen LogP contribution in [0.1, 0.15) is 43.6 Å². The first kappa shape index (κ1) is 17.9. The van der Waals surface area contributed by atoms with Gasteiger partial charge in [-0.05, 0) is 26.7 Å². The first-order chi connectivity index (χ1) is 10.7. The van der Waals surface area contributed by atoms with Crippen LogP contribution in [0, 0.1) is 13.8 Å². The molecule has 0 saturated heterocycles. The minimum Gasteiger partial charge on any atom is -0.360 e. The van der Waals surface area contributed by atoms with Gasteiger partial charge >= 0.3 is 0 Å². The molecular weight excluding hydrogens is 318 g/mol. The average Bonchev–Trinajstić information content (AvgIpc) is 2.86. The molecule has 1 aromatic rings. The van der Waals surface area contributed by atoms with Crippen molar-refractivity contribution >= 4 is 15.9 Å². The number of aromatic nitrogens is 1. The highest BCUT2D eigenvalue weighted by atomic mass is 32.2. The van der Waals surface area contributed by atoms with Gasteiger partial charge in [0.1, 0.15) is 10.6 Å². The van der Waals surface area contributed by atoms with Crippen LogP contribution in [0.2, 0.25) is 0 Å². The second kappa shape index (κ2) is 7.00. The molecule has 1 saturated carbocycles. The number of hydrogen-bond donors (Lipinski definition) is 0. The molecule has 0 atom stereocenters. The van der Waals surface area contributed by atoms with Gasteiger partial charge in [0.2, 0.25) is 15.9 Å². The maximum absolute atomic E-state index is 12.6. The summed E-state index contributed by atoms with van der Waals surface area (Å²) in [6.07, 6.45) is 5.43. The van der Waals surface area contributed by atoms with E-state index < -0.39 is 10.0 Å². The van der Waals surface area contributed by atoms with E-state index in [-0.39, 0.29) is 29.1 Å². The van der Waals surface area contributed by atoms with Crippen LogP contribution >= 0.6 is 0 Å². The molecule has 0 aliphatic heterocycles. The Kier molecular flexibility index (Phi) is 5.46. The Morgan fingerprint density at radius 3 is 2.35 bits per heavy atom. The Bertz CT molecular complexity index is 643. The molecule has 0 N–H and O–H groups in total. The van der Waals surface area contributed by atoms with Crippen molar-refractivity contribution in [3.05, 3.63) is 11.5 Å². The maximum atomic E-state index is 12.6. The van der Waals surface area contributed by atoms with Gasteiger partial charge in [-0.25, -0.2) is 8.42 Å². The molecule has 1 fully saturated rings. The molecule has 130 valence electrons. The molecule has 0 unspecified atom stereocenters. The van der Waals surface area contributed by atoms with E-state index in [2.05, 4.69) is 5.16 Å². The first-order valence-electron chi connectivity index (χ1n) is 7.90. The number of carbonyl (C=O) groups is 1. The fourth-order valence-corrected chi connectivity index (χ4v) is 4.46. The molecule has 2 rings (SSSR count). The minimum absolute atomic E-state index is 0.0492. The van der Waals surface area contributed by atoms with Crippen LogP contribution < -0.4 is 0 Å². The number of hydrogen-bond acceptors (Lipinski definition) is 5. The highest BCUT2D eigenvalue weighted by Gasteiger charge is 2.31. The second-order valence-corrected chi connectivity index (χ2v) is 8.19. The van der Waals surface area contributed by atoms with Gasteiger partial charge in [0, 0.05) is 20.1 Å². The average molecular weight is 343 g/mol. The summed E-state index contributed by atoms with van der Waals surface area (Å²) in [5.41, 5.74) is 0.308. The molecule has 0 spiro atoms. The molecule has 1 amide bonds. The third-order valence-corrected chi connectivity index (χ3v) is 6.56. The van der Waals surface area contributed by atoms with Gasteiger partial charge in [-0.3, -0.25) is 4.79 Å². The zero-order valence-electron chi connectivity index (χ0n) is 14.2. The van der Waals surface area contributed by atoms with E-state index in [9.17, 15) is 13.2 Å². The molecule has 0 aromatic carbocycles. The molecule has 8 heteroatoms. The van der Waals surface area contributed by atoms with E-state index in [0.717, 1.165) is 30.0 Å². The van der Waals surface area contributed by atoms with Gasteiger partial charge in [0.25, 0.3) is 0 Å². The predicted molar refractivity (Wildman–Crippen MR) is 85.4 cm³/mol. The van der Waals surface area contributed by atoms with Crippen molar-refractivity contribution in [3.8, 4) is 0 Å². The predicted octanol–water partition coefficient (Wildman–Crippen LogP) is 1.70. The third-order valence-electron chi connectivity index (χ3n) is 4.51. The Morgan fingerprint density at radius 1 is 1.22 bits per heavy atom. The fraction of sp³-hybridized carbons (Fsp3) is 0.733. The highest BCUT2D eigenvalue weighted by Crippen LogP contribution is 2.24. The van der Waals surface area contributed by atoms with Crippen LogP contribution in [0.3, 0.4) is 0 Å². The first-order valence-corrected chi connectivity index (χ1v) is 9.34. The lowest BCUT2D eigenvalue weighted by Crippen LogP contribution is -2.44.